The molecule has 17 heavy (non-hydrogen) atoms. The number of amides is 1. The summed E-state index contributed by atoms with van der Waals surface area (Å²) in [5, 5.41) is 0. The van der Waals surface area contributed by atoms with Crippen LogP contribution >= 0.6 is 0 Å². The van der Waals surface area contributed by atoms with Crippen LogP contribution in [-0.2, 0) is 11.3 Å². The third-order valence-corrected chi connectivity index (χ3v) is 3.21. The van der Waals surface area contributed by atoms with Crippen LogP contribution in [0.5, 0.6) is 0 Å². The first-order chi connectivity index (χ1) is 8.22. The number of nitrogens with zero attached hydrogens (tertiary/aromatic N) is 2. The van der Waals surface area contributed by atoms with E-state index in [4.69, 9.17) is 5.84 Å². The molecule has 1 aliphatic rings. The van der Waals surface area contributed by atoms with Crippen molar-refractivity contribution in [2.75, 3.05) is 12.0 Å². The number of nitrogens with two attached hydrogens (primary N) is 1. The van der Waals surface area contributed by atoms with Gasteiger partial charge in [-0.3, -0.25) is 15.6 Å². The highest BCUT2D eigenvalue weighted by atomic mass is 16.2. The Kier molecular flexibility index (Phi) is 3.58. The normalized spacial score (nSPS) is 19.8. The highest BCUT2D eigenvalue weighted by Crippen LogP contribution is 2.22. The molecule has 1 aromatic rings. The molecule has 5 nitrogen and oxygen atoms in total. The van der Waals surface area contributed by atoms with Crippen molar-refractivity contribution in [2.24, 2.45) is 11.8 Å². The predicted molar refractivity (Wildman–Crippen MR) is 65.9 cm³/mol. The van der Waals surface area contributed by atoms with Gasteiger partial charge in [-0.15, -0.1) is 0 Å². The number of hydrazine groups is 1. The van der Waals surface area contributed by atoms with Crippen molar-refractivity contribution in [2.45, 2.75) is 26.3 Å². The third-order valence-electron chi connectivity index (χ3n) is 3.21. The zero-order valence-corrected chi connectivity index (χ0v) is 10.0. The van der Waals surface area contributed by atoms with Gasteiger partial charge in [0.05, 0.1) is 17.9 Å². The first-order valence-corrected chi connectivity index (χ1v) is 5.92. The van der Waals surface area contributed by atoms with Crippen molar-refractivity contribution in [3.8, 4) is 0 Å². The van der Waals surface area contributed by atoms with E-state index in [2.05, 4.69) is 17.3 Å². The lowest BCUT2D eigenvalue weighted by Crippen LogP contribution is -2.25. The molecule has 0 aromatic carbocycles. The summed E-state index contributed by atoms with van der Waals surface area (Å²) < 4.78 is 0. The lowest BCUT2D eigenvalue weighted by Gasteiger charge is -2.16. The SMILES string of the molecule is CCC1CC(=O)N(Cc2cc(NN)ccn2)C1. The molecule has 0 saturated carbocycles. The van der Waals surface area contributed by atoms with Gasteiger partial charge in [-0.2, -0.15) is 0 Å². The third kappa shape index (κ3) is 2.74. The molecular weight excluding hydrogens is 216 g/mol. The van der Waals surface area contributed by atoms with Crippen molar-refractivity contribution in [3.05, 3.63) is 24.0 Å². The summed E-state index contributed by atoms with van der Waals surface area (Å²) in [7, 11) is 0. The summed E-state index contributed by atoms with van der Waals surface area (Å²) in [5.41, 5.74) is 4.26. The Balaban J connectivity index is 2.03. The molecule has 0 radical (unpaired) electrons. The molecule has 3 N–H and O–H groups in total. The predicted octanol–water partition coefficient (Wildman–Crippen LogP) is 1.13. The van der Waals surface area contributed by atoms with Gasteiger partial charge in [0.15, 0.2) is 0 Å². The molecule has 1 saturated heterocycles. The standard InChI is InChI=1S/C12H18N4O/c1-2-9-5-12(17)16(7-9)8-11-6-10(15-13)3-4-14-11/h3-4,6,9H,2,5,7-8,13H2,1H3,(H,14,15). The first kappa shape index (κ1) is 11.9. The Morgan fingerprint density at radius 3 is 3.12 bits per heavy atom. The zero-order chi connectivity index (χ0) is 12.3. The molecule has 1 aliphatic heterocycles. The van der Waals surface area contributed by atoms with Crippen molar-refractivity contribution in [3.63, 3.8) is 0 Å². The Morgan fingerprint density at radius 2 is 2.47 bits per heavy atom. The van der Waals surface area contributed by atoms with Gasteiger partial charge in [-0.25, -0.2) is 0 Å². The quantitative estimate of drug-likeness (QED) is 0.605. The van der Waals surface area contributed by atoms with Gasteiger partial charge in [0.1, 0.15) is 0 Å². The highest BCUT2D eigenvalue weighted by molar-refractivity contribution is 5.78. The second-order valence-electron chi connectivity index (χ2n) is 4.43. The maximum Gasteiger partial charge on any atom is 0.223 e. The lowest BCUT2D eigenvalue weighted by molar-refractivity contribution is -0.128. The Labute approximate surface area is 101 Å². The number of carbonyl (C=O) groups is 1. The van der Waals surface area contributed by atoms with Crippen LogP contribution in [0.3, 0.4) is 0 Å². The monoisotopic (exact) mass is 234 g/mol. The van der Waals surface area contributed by atoms with Gasteiger partial charge in [-0.1, -0.05) is 13.3 Å². The number of rotatable bonds is 4. The molecule has 1 unspecified atom stereocenters. The lowest BCUT2D eigenvalue weighted by atomic mass is 10.1. The minimum absolute atomic E-state index is 0.227. The maximum absolute atomic E-state index is 11.8. The van der Waals surface area contributed by atoms with Crippen molar-refractivity contribution in [1.29, 1.82) is 0 Å². The van der Waals surface area contributed by atoms with Gasteiger partial charge in [0, 0.05) is 19.2 Å². The summed E-state index contributed by atoms with van der Waals surface area (Å²) in [6.07, 6.45) is 3.42. The highest BCUT2D eigenvalue weighted by Gasteiger charge is 2.28. The van der Waals surface area contributed by atoms with Crippen LogP contribution < -0.4 is 11.3 Å². The van der Waals surface area contributed by atoms with E-state index in [1.807, 2.05) is 11.0 Å². The molecule has 1 fully saturated rings. The number of carbonyl (C=O) groups excluding carboxylic acids is 1. The van der Waals surface area contributed by atoms with E-state index in [0.29, 0.717) is 18.9 Å². The van der Waals surface area contributed by atoms with Gasteiger partial charge in [0.2, 0.25) is 5.91 Å². The largest absolute Gasteiger partial charge is 0.336 e. The number of nitrogens with one attached hydrogen (secondary N) is 1. The van der Waals surface area contributed by atoms with Crippen molar-refractivity contribution >= 4 is 11.6 Å². The second-order valence-corrected chi connectivity index (χ2v) is 4.43. The molecule has 5 heteroatoms. The number of pyridine rings is 1. The van der Waals surface area contributed by atoms with Crippen molar-refractivity contribution < 1.29 is 4.79 Å². The fourth-order valence-corrected chi connectivity index (χ4v) is 2.13. The van der Waals surface area contributed by atoms with E-state index in [9.17, 15) is 4.79 Å². The topological polar surface area (TPSA) is 71.2 Å². The molecule has 0 aliphatic carbocycles. The number of aromatic nitrogens is 1. The Bertz CT molecular complexity index is 407. The van der Waals surface area contributed by atoms with Crippen LogP contribution in [0, 0.1) is 5.92 Å². The number of likely N-dealkylation sites (tertiary alicyclic amines) is 1. The van der Waals surface area contributed by atoms with E-state index >= 15 is 0 Å². The summed E-state index contributed by atoms with van der Waals surface area (Å²) in [6.45, 7) is 3.54. The number of hydrogen-bond acceptors (Lipinski definition) is 4. The molecule has 2 heterocycles. The fraction of sp³-hybridized carbons (Fsp3) is 0.500. The molecular formula is C12H18N4O. The second kappa shape index (κ2) is 5.14. The first-order valence-electron chi connectivity index (χ1n) is 5.92. The van der Waals surface area contributed by atoms with E-state index < -0.39 is 0 Å². The fourth-order valence-electron chi connectivity index (χ4n) is 2.13. The smallest absolute Gasteiger partial charge is 0.223 e. The summed E-state index contributed by atoms with van der Waals surface area (Å²) in [4.78, 5) is 17.9. The van der Waals surface area contributed by atoms with Gasteiger partial charge < -0.3 is 10.3 Å². The van der Waals surface area contributed by atoms with Crippen molar-refractivity contribution in [1.82, 2.24) is 9.88 Å². The minimum atomic E-state index is 0.227. The van der Waals surface area contributed by atoms with E-state index in [-0.39, 0.29) is 5.91 Å². The summed E-state index contributed by atoms with van der Waals surface area (Å²) in [6, 6.07) is 3.66. The average molecular weight is 234 g/mol. The van der Waals surface area contributed by atoms with Gasteiger partial charge >= 0.3 is 0 Å². The Morgan fingerprint density at radius 1 is 1.65 bits per heavy atom. The molecule has 2 rings (SSSR count). The van der Waals surface area contributed by atoms with E-state index in [1.165, 1.54) is 0 Å². The zero-order valence-electron chi connectivity index (χ0n) is 10.0. The summed E-state index contributed by atoms with van der Waals surface area (Å²) >= 11 is 0. The minimum Gasteiger partial charge on any atom is -0.336 e. The molecule has 0 spiro atoms. The average Bonchev–Trinajstić information content (AvgIpc) is 2.70. The van der Waals surface area contributed by atoms with Gasteiger partial charge in [-0.05, 0) is 18.1 Å². The van der Waals surface area contributed by atoms with E-state index in [1.54, 1.807) is 12.3 Å². The van der Waals surface area contributed by atoms with Crippen LogP contribution in [0.1, 0.15) is 25.5 Å². The molecule has 92 valence electrons. The maximum atomic E-state index is 11.8. The molecule has 1 atom stereocenters. The van der Waals surface area contributed by atoms with Crippen LogP contribution in [0.25, 0.3) is 0 Å². The van der Waals surface area contributed by atoms with Crippen LogP contribution in [0.15, 0.2) is 18.3 Å². The molecule has 1 aromatic heterocycles. The number of hydrogen-bond donors (Lipinski definition) is 2. The Hall–Kier alpha value is -1.62. The van der Waals surface area contributed by atoms with Crippen LogP contribution in [0.2, 0.25) is 0 Å². The number of anilines is 1. The van der Waals surface area contributed by atoms with Gasteiger partial charge in [0.25, 0.3) is 0 Å². The molecule has 0 bridgehead atoms. The molecule has 1 amide bonds. The number of nitrogen functional groups attached to an aromatic ring is 1. The van der Waals surface area contributed by atoms with Crippen LogP contribution in [-0.4, -0.2) is 22.3 Å². The van der Waals surface area contributed by atoms with E-state index in [0.717, 1.165) is 24.3 Å². The van der Waals surface area contributed by atoms with Crippen LogP contribution in [0.4, 0.5) is 5.69 Å². The summed E-state index contributed by atoms with van der Waals surface area (Å²) in [5.74, 6) is 6.06.